The van der Waals surface area contributed by atoms with Crippen LogP contribution in [0.2, 0.25) is 0 Å². The average Bonchev–Trinajstić information content (AvgIpc) is 3.19. The zero-order valence-electron chi connectivity index (χ0n) is 12.9. The third kappa shape index (κ3) is 2.46. The van der Waals surface area contributed by atoms with E-state index in [2.05, 4.69) is 19.9 Å². The van der Waals surface area contributed by atoms with Crippen LogP contribution in [-0.2, 0) is 0 Å². The van der Waals surface area contributed by atoms with Crippen LogP contribution < -0.4 is 0 Å². The highest BCUT2D eigenvalue weighted by atomic mass is 16.2. The van der Waals surface area contributed by atoms with Gasteiger partial charge in [-0.1, -0.05) is 0 Å². The standard InChI is InChI=1S/C17H17N5O/c1-11-20-13-5-4-12(9-15(13)21-11)17(23)22-8-2-3-16(22)14-6-7-18-10-19-14/h4-7,9-10,16H,2-3,8H2,1H3,(H,20,21). The Morgan fingerprint density at radius 2 is 2.26 bits per heavy atom. The van der Waals surface area contributed by atoms with E-state index < -0.39 is 0 Å². The Hall–Kier alpha value is -2.76. The molecule has 1 atom stereocenters. The van der Waals surface area contributed by atoms with E-state index in [9.17, 15) is 4.79 Å². The molecule has 0 aliphatic carbocycles. The minimum Gasteiger partial charge on any atom is -0.342 e. The first-order valence-corrected chi connectivity index (χ1v) is 7.75. The van der Waals surface area contributed by atoms with Gasteiger partial charge < -0.3 is 9.88 Å². The van der Waals surface area contributed by atoms with Gasteiger partial charge in [-0.05, 0) is 44.0 Å². The van der Waals surface area contributed by atoms with Gasteiger partial charge in [-0.2, -0.15) is 0 Å². The molecule has 1 unspecified atom stereocenters. The summed E-state index contributed by atoms with van der Waals surface area (Å²) in [5, 5.41) is 0. The maximum absolute atomic E-state index is 12.9. The smallest absolute Gasteiger partial charge is 0.254 e. The minimum atomic E-state index is 0.0321. The van der Waals surface area contributed by atoms with Gasteiger partial charge in [0.1, 0.15) is 12.2 Å². The third-order valence-electron chi connectivity index (χ3n) is 4.31. The fourth-order valence-corrected chi connectivity index (χ4v) is 3.25. The Labute approximate surface area is 133 Å². The van der Waals surface area contributed by atoms with Gasteiger partial charge in [0.15, 0.2) is 0 Å². The lowest BCUT2D eigenvalue weighted by Gasteiger charge is -2.24. The van der Waals surface area contributed by atoms with Gasteiger partial charge in [0.05, 0.1) is 22.8 Å². The number of aromatic amines is 1. The molecule has 116 valence electrons. The second-order valence-electron chi connectivity index (χ2n) is 5.84. The highest BCUT2D eigenvalue weighted by Gasteiger charge is 2.31. The lowest BCUT2D eigenvalue weighted by molar-refractivity contribution is 0.0733. The number of nitrogens with zero attached hydrogens (tertiary/aromatic N) is 4. The second-order valence-corrected chi connectivity index (χ2v) is 5.84. The van der Waals surface area contributed by atoms with Crippen molar-refractivity contribution < 1.29 is 4.79 Å². The predicted molar refractivity (Wildman–Crippen MR) is 85.9 cm³/mol. The molecular formula is C17H17N5O. The number of hydrogen-bond acceptors (Lipinski definition) is 4. The van der Waals surface area contributed by atoms with Crippen molar-refractivity contribution in [3.05, 3.63) is 53.9 Å². The van der Waals surface area contributed by atoms with Gasteiger partial charge in [-0.15, -0.1) is 0 Å². The molecule has 3 heterocycles. The van der Waals surface area contributed by atoms with Crippen molar-refractivity contribution in [1.82, 2.24) is 24.8 Å². The van der Waals surface area contributed by atoms with E-state index >= 15 is 0 Å². The highest BCUT2D eigenvalue weighted by molar-refractivity contribution is 5.97. The van der Waals surface area contributed by atoms with Crippen molar-refractivity contribution in [3.8, 4) is 0 Å². The van der Waals surface area contributed by atoms with E-state index in [0.717, 1.165) is 41.9 Å². The Morgan fingerprint density at radius 3 is 3.09 bits per heavy atom. The molecule has 1 saturated heterocycles. The van der Waals surface area contributed by atoms with Gasteiger partial charge in [0.2, 0.25) is 0 Å². The van der Waals surface area contributed by atoms with E-state index in [0.29, 0.717) is 5.56 Å². The Kier molecular flexibility index (Phi) is 3.29. The van der Waals surface area contributed by atoms with Crippen LogP contribution in [0, 0.1) is 6.92 Å². The molecule has 1 aromatic carbocycles. The fraction of sp³-hybridized carbons (Fsp3) is 0.294. The number of imidazole rings is 1. The van der Waals surface area contributed by atoms with Crippen LogP contribution in [0.25, 0.3) is 11.0 Å². The summed E-state index contributed by atoms with van der Waals surface area (Å²) in [5.41, 5.74) is 3.37. The Balaban J connectivity index is 1.66. The molecule has 4 rings (SSSR count). The van der Waals surface area contributed by atoms with Crippen LogP contribution >= 0.6 is 0 Å². The number of nitrogens with one attached hydrogen (secondary N) is 1. The Morgan fingerprint density at radius 1 is 1.35 bits per heavy atom. The number of aryl methyl sites for hydroxylation is 1. The molecule has 6 heteroatoms. The quantitative estimate of drug-likeness (QED) is 0.789. The van der Waals surface area contributed by atoms with Crippen molar-refractivity contribution in [2.24, 2.45) is 0 Å². The maximum Gasteiger partial charge on any atom is 0.254 e. The van der Waals surface area contributed by atoms with Crippen LogP contribution in [-0.4, -0.2) is 37.3 Å². The number of hydrogen-bond donors (Lipinski definition) is 1. The lowest BCUT2D eigenvalue weighted by atomic mass is 10.1. The monoisotopic (exact) mass is 307 g/mol. The summed E-state index contributed by atoms with van der Waals surface area (Å²) in [6.45, 7) is 2.67. The average molecular weight is 307 g/mol. The lowest BCUT2D eigenvalue weighted by Crippen LogP contribution is -2.31. The molecule has 6 nitrogen and oxygen atoms in total. The zero-order chi connectivity index (χ0) is 15.8. The number of H-pyrrole nitrogens is 1. The third-order valence-corrected chi connectivity index (χ3v) is 4.31. The van der Waals surface area contributed by atoms with Gasteiger partial charge in [-0.25, -0.2) is 15.0 Å². The van der Waals surface area contributed by atoms with Crippen LogP contribution in [0.4, 0.5) is 0 Å². The number of rotatable bonds is 2. The molecule has 3 aromatic rings. The SMILES string of the molecule is Cc1nc2ccc(C(=O)N3CCCC3c3ccncn3)cc2[nH]1. The molecule has 1 fully saturated rings. The summed E-state index contributed by atoms with van der Waals surface area (Å²) < 4.78 is 0. The number of fused-ring (bicyclic) bond motifs is 1. The topological polar surface area (TPSA) is 74.8 Å². The molecule has 0 spiro atoms. The highest BCUT2D eigenvalue weighted by Crippen LogP contribution is 2.32. The van der Waals surface area contributed by atoms with E-state index in [1.54, 1.807) is 6.20 Å². The molecule has 0 radical (unpaired) electrons. The van der Waals surface area contributed by atoms with Crippen molar-refractivity contribution in [2.45, 2.75) is 25.8 Å². The molecule has 1 amide bonds. The first-order chi connectivity index (χ1) is 11.2. The summed E-state index contributed by atoms with van der Waals surface area (Å²) in [5.74, 6) is 0.893. The molecule has 2 aromatic heterocycles. The zero-order valence-corrected chi connectivity index (χ0v) is 12.9. The van der Waals surface area contributed by atoms with Gasteiger partial charge in [-0.3, -0.25) is 4.79 Å². The normalized spacial score (nSPS) is 17.8. The van der Waals surface area contributed by atoms with Crippen LogP contribution in [0.5, 0.6) is 0 Å². The molecule has 1 aliphatic rings. The summed E-state index contributed by atoms with van der Waals surface area (Å²) in [7, 11) is 0. The number of aromatic nitrogens is 4. The van der Waals surface area contributed by atoms with Gasteiger partial charge >= 0.3 is 0 Å². The summed E-state index contributed by atoms with van der Waals surface area (Å²) in [6.07, 6.45) is 5.19. The number of benzene rings is 1. The molecule has 23 heavy (non-hydrogen) atoms. The van der Waals surface area contributed by atoms with Crippen molar-refractivity contribution >= 4 is 16.9 Å². The van der Waals surface area contributed by atoms with Crippen LogP contribution in [0.1, 0.15) is 40.8 Å². The molecule has 1 aliphatic heterocycles. The van der Waals surface area contributed by atoms with Crippen molar-refractivity contribution in [2.75, 3.05) is 6.54 Å². The molecular weight excluding hydrogens is 290 g/mol. The molecule has 0 saturated carbocycles. The van der Waals surface area contributed by atoms with E-state index in [-0.39, 0.29) is 11.9 Å². The second kappa shape index (κ2) is 5.46. The van der Waals surface area contributed by atoms with Crippen LogP contribution in [0.3, 0.4) is 0 Å². The minimum absolute atomic E-state index is 0.0321. The first-order valence-electron chi connectivity index (χ1n) is 7.75. The van der Waals surface area contributed by atoms with Crippen LogP contribution in [0.15, 0.2) is 36.8 Å². The summed E-state index contributed by atoms with van der Waals surface area (Å²) >= 11 is 0. The summed E-state index contributed by atoms with van der Waals surface area (Å²) in [4.78, 5) is 30.7. The first kappa shape index (κ1) is 13.9. The number of likely N-dealkylation sites (tertiary alicyclic amines) is 1. The van der Waals surface area contributed by atoms with E-state index in [1.807, 2.05) is 36.1 Å². The molecule has 0 bridgehead atoms. The number of carbonyl (C=O) groups is 1. The van der Waals surface area contributed by atoms with E-state index in [1.165, 1.54) is 6.33 Å². The number of amides is 1. The molecule has 1 N–H and O–H groups in total. The maximum atomic E-state index is 12.9. The van der Waals surface area contributed by atoms with Gasteiger partial charge in [0.25, 0.3) is 5.91 Å². The summed E-state index contributed by atoms with van der Waals surface area (Å²) in [6, 6.07) is 7.54. The van der Waals surface area contributed by atoms with E-state index in [4.69, 9.17) is 0 Å². The predicted octanol–water partition coefficient (Wildman–Crippen LogP) is 2.64. The Bertz CT molecular complexity index is 858. The fourth-order valence-electron chi connectivity index (χ4n) is 3.25. The van der Waals surface area contributed by atoms with Gasteiger partial charge in [0, 0.05) is 18.3 Å². The van der Waals surface area contributed by atoms with Crippen molar-refractivity contribution in [1.29, 1.82) is 0 Å². The number of carbonyl (C=O) groups excluding carboxylic acids is 1. The largest absolute Gasteiger partial charge is 0.342 e. The van der Waals surface area contributed by atoms with Crippen molar-refractivity contribution in [3.63, 3.8) is 0 Å².